The Morgan fingerprint density at radius 2 is 2.14 bits per heavy atom. The largest absolute Gasteiger partial charge is 0.331 e. The van der Waals surface area contributed by atoms with Gasteiger partial charge >= 0.3 is 6.03 Å². The number of nitrogens with one attached hydrogen (secondary N) is 1. The van der Waals surface area contributed by atoms with Crippen LogP contribution in [-0.4, -0.2) is 33.5 Å². The lowest BCUT2D eigenvalue weighted by Crippen LogP contribution is -2.39. The average Bonchev–Trinajstić information content (AvgIpc) is 3.17. The van der Waals surface area contributed by atoms with E-state index in [1.165, 1.54) is 12.1 Å². The molecule has 0 fully saturated rings. The molecule has 1 aliphatic heterocycles. The summed E-state index contributed by atoms with van der Waals surface area (Å²) < 4.78 is 15.4. The summed E-state index contributed by atoms with van der Waals surface area (Å²) in [6.45, 7) is 0.441. The highest BCUT2D eigenvalue weighted by Gasteiger charge is 2.24. The van der Waals surface area contributed by atoms with Crippen molar-refractivity contribution < 1.29 is 9.18 Å². The summed E-state index contributed by atoms with van der Waals surface area (Å²) in [6, 6.07) is 14.3. The van der Waals surface area contributed by atoms with Crippen LogP contribution < -0.4 is 5.32 Å². The average molecular weight is 396 g/mol. The molecule has 3 aromatic rings. The lowest BCUT2D eigenvalue weighted by molar-refractivity contribution is 0.202. The van der Waals surface area contributed by atoms with Crippen LogP contribution in [0.3, 0.4) is 0 Å². The van der Waals surface area contributed by atoms with E-state index < -0.39 is 0 Å². The lowest BCUT2D eigenvalue weighted by atomic mass is 10.0. The van der Waals surface area contributed by atoms with Crippen molar-refractivity contribution >= 4 is 17.8 Å². The topological polar surface area (TPSA) is 50.2 Å². The zero-order valence-corrected chi connectivity index (χ0v) is 16.3. The summed E-state index contributed by atoms with van der Waals surface area (Å²) >= 11 is 1.70. The second kappa shape index (κ2) is 8.06. The van der Waals surface area contributed by atoms with Gasteiger partial charge in [0.2, 0.25) is 0 Å². The molecule has 1 aromatic heterocycles. The number of para-hydroxylation sites is 1. The zero-order valence-electron chi connectivity index (χ0n) is 15.5. The Hall–Kier alpha value is -2.80. The Morgan fingerprint density at radius 1 is 1.32 bits per heavy atom. The maximum Gasteiger partial charge on any atom is 0.317 e. The first-order valence-electron chi connectivity index (χ1n) is 9.13. The number of nitrogens with zero attached hydrogens (tertiary/aromatic N) is 3. The number of carbonyl (C=O) groups excluding carboxylic acids is 1. The minimum absolute atomic E-state index is 0.172. The normalized spacial score (nSPS) is 15.7. The molecule has 0 spiro atoms. The van der Waals surface area contributed by atoms with Crippen molar-refractivity contribution in [3.05, 3.63) is 77.9 Å². The van der Waals surface area contributed by atoms with Gasteiger partial charge in [-0.15, -0.1) is 11.8 Å². The summed E-state index contributed by atoms with van der Waals surface area (Å²) in [6.07, 6.45) is 4.46. The van der Waals surface area contributed by atoms with Gasteiger partial charge in [-0.25, -0.2) is 13.9 Å². The van der Waals surface area contributed by atoms with Crippen LogP contribution in [0.5, 0.6) is 0 Å². The molecule has 4 rings (SSSR count). The van der Waals surface area contributed by atoms with Crippen LogP contribution in [0.1, 0.15) is 23.6 Å². The molecule has 0 bridgehead atoms. The molecule has 0 aliphatic carbocycles. The van der Waals surface area contributed by atoms with Gasteiger partial charge in [0.25, 0.3) is 0 Å². The van der Waals surface area contributed by atoms with E-state index in [1.807, 2.05) is 36.5 Å². The molecule has 0 saturated heterocycles. The van der Waals surface area contributed by atoms with E-state index in [4.69, 9.17) is 0 Å². The van der Waals surface area contributed by atoms with Crippen LogP contribution in [0.2, 0.25) is 0 Å². The van der Waals surface area contributed by atoms with Crippen LogP contribution >= 0.6 is 11.8 Å². The van der Waals surface area contributed by atoms with Gasteiger partial charge in [-0.3, -0.25) is 0 Å². The van der Waals surface area contributed by atoms with E-state index in [9.17, 15) is 9.18 Å². The monoisotopic (exact) mass is 396 g/mol. The van der Waals surface area contributed by atoms with Gasteiger partial charge in [-0.2, -0.15) is 5.10 Å². The maximum atomic E-state index is 13.7. The van der Waals surface area contributed by atoms with E-state index in [-0.39, 0.29) is 17.9 Å². The highest BCUT2D eigenvalue weighted by Crippen LogP contribution is 2.36. The first-order valence-corrected chi connectivity index (χ1v) is 10.1. The Labute approximate surface area is 167 Å². The third-order valence-corrected chi connectivity index (χ3v) is 5.85. The van der Waals surface area contributed by atoms with Crippen molar-refractivity contribution in [1.29, 1.82) is 0 Å². The van der Waals surface area contributed by atoms with Crippen LogP contribution in [0, 0.1) is 5.82 Å². The number of amides is 2. The third kappa shape index (κ3) is 4.04. The van der Waals surface area contributed by atoms with Gasteiger partial charge < -0.3 is 10.2 Å². The van der Waals surface area contributed by atoms with Crippen LogP contribution in [0.4, 0.5) is 9.18 Å². The molecule has 1 N–H and O–H groups in total. The van der Waals surface area contributed by atoms with Crippen molar-refractivity contribution in [2.45, 2.75) is 23.9 Å². The minimum Gasteiger partial charge on any atom is -0.331 e. The number of thioether (sulfide) groups is 1. The second-order valence-electron chi connectivity index (χ2n) is 6.81. The third-order valence-electron chi connectivity index (χ3n) is 4.73. The summed E-state index contributed by atoms with van der Waals surface area (Å²) in [5.74, 6) is 0.624. The molecule has 2 aromatic carbocycles. The van der Waals surface area contributed by atoms with E-state index in [0.29, 0.717) is 6.54 Å². The van der Waals surface area contributed by atoms with E-state index in [2.05, 4.69) is 10.4 Å². The molecule has 144 valence electrons. The Bertz CT molecular complexity index is 976. The Balaban J connectivity index is 1.41. The number of halogens is 1. The maximum absolute atomic E-state index is 13.7. The van der Waals surface area contributed by atoms with Crippen molar-refractivity contribution in [3.8, 4) is 5.69 Å². The van der Waals surface area contributed by atoms with E-state index >= 15 is 0 Å². The number of aromatic nitrogens is 2. The van der Waals surface area contributed by atoms with Crippen molar-refractivity contribution in [1.82, 2.24) is 20.0 Å². The van der Waals surface area contributed by atoms with Gasteiger partial charge in [0.15, 0.2) is 0 Å². The number of hydrogen-bond acceptors (Lipinski definition) is 3. The summed E-state index contributed by atoms with van der Waals surface area (Å²) in [5, 5.41) is 7.41. The molecule has 1 unspecified atom stereocenters. The van der Waals surface area contributed by atoms with Crippen LogP contribution in [-0.2, 0) is 6.54 Å². The molecule has 1 atom stereocenters. The van der Waals surface area contributed by atoms with Gasteiger partial charge in [-0.1, -0.05) is 18.2 Å². The number of rotatable bonds is 4. The summed E-state index contributed by atoms with van der Waals surface area (Å²) in [5.41, 5.74) is 2.77. The Morgan fingerprint density at radius 3 is 2.96 bits per heavy atom. The highest BCUT2D eigenvalue weighted by molar-refractivity contribution is 7.99. The van der Waals surface area contributed by atoms with Crippen molar-refractivity contribution in [3.63, 3.8) is 0 Å². The Kier molecular flexibility index (Phi) is 5.34. The van der Waals surface area contributed by atoms with E-state index in [0.717, 1.165) is 33.9 Å². The van der Waals surface area contributed by atoms with E-state index in [1.54, 1.807) is 40.7 Å². The predicted octanol–water partition coefficient (Wildman–Crippen LogP) is 4.39. The quantitative estimate of drug-likeness (QED) is 0.712. The molecule has 0 saturated carbocycles. The number of urea groups is 1. The van der Waals surface area contributed by atoms with Crippen LogP contribution in [0.15, 0.2) is 65.8 Å². The van der Waals surface area contributed by atoms with Gasteiger partial charge in [0.1, 0.15) is 5.82 Å². The molecule has 2 amide bonds. The molecule has 28 heavy (non-hydrogen) atoms. The molecule has 7 heteroatoms. The standard InChI is InChI=1S/C21H21FN4OS/c1-25(13-15-12-23-26(14-15)17-5-3-2-4-6-17)21(27)24-19-9-10-28-20-8-7-16(22)11-18(19)20/h2-8,11-12,14,19H,9-10,13H2,1H3,(H,24,27). The number of benzene rings is 2. The van der Waals surface area contributed by atoms with Gasteiger partial charge in [0.05, 0.1) is 24.5 Å². The fraction of sp³-hybridized carbons (Fsp3) is 0.238. The highest BCUT2D eigenvalue weighted by atomic mass is 32.2. The molecular formula is C21H21FN4OS. The molecule has 0 radical (unpaired) electrons. The SMILES string of the molecule is CN(Cc1cnn(-c2ccccc2)c1)C(=O)NC1CCSc2ccc(F)cc21. The van der Waals surface area contributed by atoms with Gasteiger partial charge in [0, 0.05) is 29.5 Å². The lowest BCUT2D eigenvalue weighted by Gasteiger charge is -2.28. The van der Waals surface area contributed by atoms with Gasteiger partial charge in [-0.05, 0) is 42.3 Å². The molecule has 2 heterocycles. The number of fused-ring (bicyclic) bond motifs is 1. The molecule has 1 aliphatic rings. The summed E-state index contributed by atoms with van der Waals surface area (Å²) in [7, 11) is 1.75. The minimum atomic E-state index is -0.276. The first-order chi connectivity index (χ1) is 13.6. The first kappa shape index (κ1) is 18.6. The predicted molar refractivity (Wildman–Crippen MR) is 108 cm³/mol. The molecule has 5 nitrogen and oxygen atoms in total. The zero-order chi connectivity index (χ0) is 19.5. The number of hydrogen-bond donors (Lipinski definition) is 1. The van der Waals surface area contributed by atoms with Crippen molar-refractivity contribution in [2.24, 2.45) is 0 Å². The van der Waals surface area contributed by atoms with Crippen molar-refractivity contribution in [2.75, 3.05) is 12.8 Å². The smallest absolute Gasteiger partial charge is 0.317 e. The second-order valence-corrected chi connectivity index (χ2v) is 7.94. The number of carbonyl (C=O) groups is 1. The fourth-order valence-corrected chi connectivity index (χ4v) is 4.39. The fourth-order valence-electron chi connectivity index (χ4n) is 3.28. The van der Waals surface area contributed by atoms with Crippen LogP contribution in [0.25, 0.3) is 5.69 Å². The summed E-state index contributed by atoms with van der Waals surface area (Å²) in [4.78, 5) is 15.3. The molecular weight excluding hydrogens is 375 g/mol.